The van der Waals surface area contributed by atoms with Crippen LogP contribution < -0.4 is 5.32 Å². The van der Waals surface area contributed by atoms with Crippen LogP contribution in [0.3, 0.4) is 0 Å². The first-order valence-corrected chi connectivity index (χ1v) is 7.40. The van der Waals surface area contributed by atoms with E-state index in [0.29, 0.717) is 12.1 Å². The van der Waals surface area contributed by atoms with Crippen molar-refractivity contribution in [3.63, 3.8) is 0 Å². The van der Waals surface area contributed by atoms with Crippen LogP contribution in [0.4, 0.5) is 8.78 Å². The Morgan fingerprint density at radius 1 is 1.10 bits per heavy atom. The highest BCUT2D eigenvalue weighted by Gasteiger charge is 2.28. The average molecular weight is 283 g/mol. The second-order valence-electron chi connectivity index (χ2n) is 5.94. The summed E-state index contributed by atoms with van der Waals surface area (Å²) in [6.07, 6.45) is 6.02. The summed E-state index contributed by atoms with van der Waals surface area (Å²) >= 11 is 0. The Labute approximate surface area is 119 Å². The number of hydrogen-bond donors (Lipinski definition) is 2. The predicted molar refractivity (Wildman–Crippen MR) is 75.4 cm³/mol. The summed E-state index contributed by atoms with van der Waals surface area (Å²) in [6.45, 7) is 2.32. The minimum Gasteiger partial charge on any atom is -0.389 e. The van der Waals surface area contributed by atoms with Crippen LogP contribution in [0.2, 0.25) is 0 Å². The van der Waals surface area contributed by atoms with Gasteiger partial charge in [0.1, 0.15) is 11.6 Å². The lowest BCUT2D eigenvalue weighted by Crippen LogP contribution is -2.41. The van der Waals surface area contributed by atoms with E-state index in [9.17, 15) is 13.9 Å². The van der Waals surface area contributed by atoms with Crippen molar-refractivity contribution in [2.24, 2.45) is 0 Å². The van der Waals surface area contributed by atoms with E-state index >= 15 is 0 Å². The van der Waals surface area contributed by atoms with Crippen molar-refractivity contribution in [3.05, 3.63) is 35.4 Å². The van der Waals surface area contributed by atoms with Gasteiger partial charge in [0.25, 0.3) is 0 Å². The molecule has 1 aromatic rings. The molecule has 1 unspecified atom stereocenters. The molecule has 0 amide bonds. The number of hydrogen-bond acceptors (Lipinski definition) is 2. The summed E-state index contributed by atoms with van der Waals surface area (Å²) in [5, 5.41) is 13.8. The lowest BCUT2D eigenvalue weighted by molar-refractivity contribution is 0.0231. The van der Waals surface area contributed by atoms with Gasteiger partial charge in [-0.05, 0) is 37.5 Å². The molecule has 0 heterocycles. The molecule has 2 rings (SSSR count). The molecule has 1 saturated carbocycles. The zero-order valence-electron chi connectivity index (χ0n) is 12.0. The van der Waals surface area contributed by atoms with E-state index in [4.69, 9.17) is 0 Å². The summed E-state index contributed by atoms with van der Waals surface area (Å²) in [5.41, 5.74) is -0.115. The van der Waals surface area contributed by atoms with E-state index in [0.717, 1.165) is 31.7 Å². The number of halogens is 2. The Bertz CT molecular complexity index is 422. The van der Waals surface area contributed by atoms with Crippen molar-refractivity contribution in [3.8, 4) is 0 Å². The maximum atomic E-state index is 13.2. The van der Waals surface area contributed by atoms with Gasteiger partial charge in [-0.25, -0.2) is 8.78 Å². The first-order valence-electron chi connectivity index (χ1n) is 7.40. The fraction of sp³-hybridized carbons (Fsp3) is 0.625. The number of benzene rings is 1. The van der Waals surface area contributed by atoms with Crippen LogP contribution in [0.15, 0.2) is 18.2 Å². The molecule has 112 valence electrons. The molecule has 1 aromatic carbocycles. The molecule has 2 N–H and O–H groups in total. The second kappa shape index (κ2) is 6.64. The minimum absolute atomic E-state index is 0.188. The smallest absolute Gasteiger partial charge is 0.126 e. The molecule has 0 bridgehead atoms. The van der Waals surface area contributed by atoms with Crippen LogP contribution in [0.5, 0.6) is 0 Å². The Kier molecular flexibility index (Phi) is 5.11. The molecule has 0 saturated heterocycles. The van der Waals surface area contributed by atoms with Crippen LogP contribution >= 0.6 is 0 Å². The molecule has 4 heteroatoms. The highest BCUT2D eigenvalue weighted by Crippen LogP contribution is 2.27. The van der Waals surface area contributed by atoms with Gasteiger partial charge in [-0.3, -0.25) is 0 Å². The summed E-state index contributed by atoms with van der Waals surface area (Å²) in [7, 11) is 0. The van der Waals surface area contributed by atoms with E-state index in [1.165, 1.54) is 25.0 Å². The average Bonchev–Trinajstić information content (AvgIpc) is 2.60. The Hall–Kier alpha value is -1.00. The van der Waals surface area contributed by atoms with Crippen LogP contribution in [0, 0.1) is 11.6 Å². The fourth-order valence-corrected chi connectivity index (χ4v) is 2.85. The molecule has 0 spiro atoms. The standard InChI is InChI=1S/C16H23F2NO/c1-12(13-8-14(17)10-15(18)9-13)19-11-16(20)6-4-2-3-5-7-16/h8-10,12,19-20H,2-7,11H2,1H3. The number of aliphatic hydroxyl groups is 1. The molecule has 0 radical (unpaired) electrons. The Balaban J connectivity index is 1.95. The van der Waals surface area contributed by atoms with Crippen molar-refractivity contribution in [2.75, 3.05) is 6.54 Å². The molecule has 1 aliphatic carbocycles. The normalized spacial score (nSPS) is 20.4. The van der Waals surface area contributed by atoms with E-state index in [-0.39, 0.29) is 6.04 Å². The van der Waals surface area contributed by atoms with Gasteiger partial charge >= 0.3 is 0 Å². The summed E-state index contributed by atoms with van der Waals surface area (Å²) in [4.78, 5) is 0. The third kappa shape index (κ3) is 4.25. The van der Waals surface area contributed by atoms with E-state index < -0.39 is 17.2 Å². The highest BCUT2D eigenvalue weighted by molar-refractivity contribution is 5.21. The largest absolute Gasteiger partial charge is 0.389 e. The van der Waals surface area contributed by atoms with Crippen molar-refractivity contribution >= 4 is 0 Å². The molecular formula is C16H23F2NO. The van der Waals surface area contributed by atoms with Gasteiger partial charge in [-0.2, -0.15) is 0 Å². The molecule has 1 atom stereocenters. The van der Waals surface area contributed by atoms with Crippen molar-refractivity contribution < 1.29 is 13.9 Å². The zero-order valence-corrected chi connectivity index (χ0v) is 12.0. The van der Waals surface area contributed by atoms with E-state index in [1.807, 2.05) is 6.92 Å². The molecule has 0 aliphatic heterocycles. The lowest BCUT2D eigenvalue weighted by atomic mass is 9.94. The minimum atomic E-state index is -0.684. The van der Waals surface area contributed by atoms with Gasteiger partial charge in [-0.1, -0.05) is 25.7 Å². The maximum Gasteiger partial charge on any atom is 0.126 e. The van der Waals surface area contributed by atoms with Gasteiger partial charge in [0, 0.05) is 18.7 Å². The quantitative estimate of drug-likeness (QED) is 0.826. The topological polar surface area (TPSA) is 32.3 Å². The molecule has 1 fully saturated rings. The first kappa shape index (κ1) is 15.4. The monoisotopic (exact) mass is 283 g/mol. The third-order valence-corrected chi connectivity index (χ3v) is 4.16. The van der Waals surface area contributed by atoms with Crippen LogP contribution in [-0.2, 0) is 0 Å². The van der Waals surface area contributed by atoms with Crippen molar-refractivity contribution in [1.82, 2.24) is 5.32 Å². The second-order valence-corrected chi connectivity index (χ2v) is 5.94. The molecule has 0 aromatic heterocycles. The predicted octanol–water partition coefficient (Wildman–Crippen LogP) is 3.70. The molecule has 2 nitrogen and oxygen atoms in total. The fourth-order valence-electron chi connectivity index (χ4n) is 2.85. The molecular weight excluding hydrogens is 260 g/mol. The van der Waals surface area contributed by atoms with Crippen LogP contribution in [-0.4, -0.2) is 17.3 Å². The summed E-state index contributed by atoms with van der Waals surface area (Å²) in [6, 6.07) is 3.35. The SMILES string of the molecule is CC(NCC1(O)CCCCCC1)c1cc(F)cc(F)c1. The van der Waals surface area contributed by atoms with E-state index in [2.05, 4.69) is 5.32 Å². The van der Waals surface area contributed by atoms with Crippen molar-refractivity contribution in [2.45, 2.75) is 57.1 Å². The summed E-state index contributed by atoms with van der Waals surface area (Å²) < 4.78 is 26.4. The molecule has 1 aliphatic rings. The van der Waals surface area contributed by atoms with Crippen LogP contribution in [0.1, 0.15) is 57.1 Å². The van der Waals surface area contributed by atoms with Crippen molar-refractivity contribution in [1.29, 1.82) is 0 Å². The zero-order chi connectivity index (χ0) is 14.6. The number of nitrogens with one attached hydrogen (secondary N) is 1. The first-order chi connectivity index (χ1) is 9.48. The van der Waals surface area contributed by atoms with Gasteiger partial charge in [-0.15, -0.1) is 0 Å². The van der Waals surface area contributed by atoms with Gasteiger partial charge in [0.15, 0.2) is 0 Å². The third-order valence-electron chi connectivity index (χ3n) is 4.16. The molecule has 20 heavy (non-hydrogen) atoms. The summed E-state index contributed by atoms with van der Waals surface area (Å²) in [5.74, 6) is -1.14. The van der Waals surface area contributed by atoms with E-state index in [1.54, 1.807) is 0 Å². The van der Waals surface area contributed by atoms with Gasteiger partial charge in [0.05, 0.1) is 5.60 Å². The van der Waals surface area contributed by atoms with Crippen LogP contribution in [0.25, 0.3) is 0 Å². The number of rotatable bonds is 4. The van der Waals surface area contributed by atoms with Gasteiger partial charge < -0.3 is 10.4 Å². The Morgan fingerprint density at radius 2 is 1.65 bits per heavy atom. The Morgan fingerprint density at radius 3 is 2.20 bits per heavy atom. The maximum absolute atomic E-state index is 13.2. The highest BCUT2D eigenvalue weighted by atomic mass is 19.1. The lowest BCUT2D eigenvalue weighted by Gasteiger charge is -2.29. The van der Waals surface area contributed by atoms with Gasteiger partial charge in [0.2, 0.25) is 0 Å².